The van der Waals surface area contributed by atoms with Crippen molar-refractivity contribution in [3.8, 4) is 22.9 Å². The lowest BCUT2D eigenvalue weighted by atomic mass is 10.1. The number of hydrogen-bond donors (Lipinski definition) is 2. The van der Waals surface area contributed by atoms with Gasteiger partial charge in [-0.2, -0.15) is 0 Å². The molecule has 0 atom stereocenters. The van der Waals surface area contributed by atoms with Crippen molar-refractivity contribution in [1.29, 1.82) is 0 Å². The van der Waals surface area contributed by atoms with E-state index in [-0.39, 0.29) is 5.75 Å². The fourth-order valence-corrected chi connectivity index (χ4v) is 2.93. The average Bonchev–Trinajstić information content (AvgIpc) is 2.70. The smallest absolute Gasteiger partial charge is 0.168 e. The first-order chi connectivity index (χ1) is 13.2. The summed E-state index contributed by atoms with van der Waals surface area (Å²) in [7, 11) is 1.52. The van der Waals surface area contributed by atoms with Gasteiger partial charge in [-0.25, -0.2) is 9.97 Å². The van der Waals surface area contributed by atoms with E-state index in [9.17, 15) is 5.11 Å². The first-order valence-electron chi connectivity index (χ1n) is 8.62. The second-order valence-electron chi connectivity index (χ2n) is 6.26. The summed E-state index contributed by atoms with van der Waals surface area (Å²) in [5, 5.41) is 14.8. The minimum absolute atomic E-state index is 0.0246. The Morgan fingerprint density at radius 2 is 1.67 bits per heavy atom. The fraction of sp³-hybridized carbons (Fsp3) is 0.0909. The lowest BCUT2D eigenvalue weighted by molar-refractivity contribution is 0.374. The Hall–Kier alpha value is -3.60. The zero-order valence-corrected chi connectivity index (χ0v) is 15.1. The van der Waals surface area contributed by atoms with Crippen LogP contribution in [0.15, 0.2) is 66.7 Å². The van der Waals surface area contributed by atoms with E-state index in [2.05, 4.69) is 15.3 Å². The molecule has 1 aromatic heterocycles. The number of ether oxygens (including phenoxy) is 1. The maximum Gasteiger partial charge on any atom is 0.168 e. The molecule has 0 unspecified atom stereocenters. The predicted molar refractivity (Wildman–Crippen MR) is 108 cm³/mol. The van der Waals surface area contributed by atoms with E-state index in [4.69, 9.17) is 4.74 Å². The van der Waals surface area contributed by atoms with Gasteiger partial charge in [0.25, 0.3) is 0 Å². The van der Waals surface area contributed by atoms with Crippen molar-refractivity contribution in [2.24, 2.45) is 0 Å². The summed E-state index contributed by atoms with van der Waals surface area (Å²) in [5.74, 6) is 1.52. The van der Waals surface area contributed by atoms with Crippen LogP contribution in [0.25, 0.3) is 22.3 Å². The number of nitrogens with one attached hydrogen (secondary N) is 1. The number of aromatic hydroxyl groups is 1. The van der Waals surface area contributed by atoms with Crippen LogP contribution in [-0.2, 0) is 0 Å². The molecule has 0 saturated carbocycles. The van der Waals surface area contributed by atoms with Gasteiger partial charge in [-0.15, -0.1) is 0 Å². The molecule has 0 aliphatic carbocycles. The van der Waals surface area contributed by atoms with Gasteiger partial charge in [0.1, 0.15) is 5.82 Å². The van der Waals surface area contributed by atoms with E-state index < -0.39 is 0 Å². The maximum atomic E-state index is 10.5. The van der Waals surface area contributed by atoms with Crippen LogP contribution >= 0.6 is 0 Å². The molecule has 1 heterocycles. The highest BCUT2D eigenvalue weighted by Crippen LogP contribution is 2.37. The Morgan fingerprint density at radius 3 is 2.44 bits per heavy atom. The molecule has 4 rings (SSSR count). The summed E-state index contributed by atoms with van der Waals surface area (Å²) in [6.45, 7) is 2.05. The van der Waals surface area contributed by atoms with Crippen molar-refractivity contribution in [2.45, 2.75) is 6.92 Å². The van der Waals surface area contributed by atoms with Gasteiger partial charge in [-0.3, -0.25) is 0 Å². The summed E-state index contributed by atoms with van der Waals surface area (Å²) < 4.78 is 5.21. The lowest BCUT2D eigenvalue weighted by Crippen LogP contribution is -2.00. The van der Waals surface area contributed by atoms with E-state index in [0.717, 1.165) is 16.6 Å². The normalized spacial score (nSPS) is 10.7. The number of methoxy groups -OCH3 is 1. The topological polar surface area (TPSA) is 67.3 Å². The highest BCUT2D eigenvalue weighted by molar-refractivity contribution is 5.92. The third kappa shape index (κ3) is 3.27. The molecule has 27 heavy (non-hydrogen) atoms. The lowest BCUT2D eigenvalue weighted by Gasteiger charge is -2.13. The summed E-state index contributed by atoms with van der Waals surface area (Å²) in [6.07, 6.45) is 0. The van der Waals surface area contributed by atoms with Crippen LogP contribution in [0.3, 0.4) is 0 Å². The van der Waals surface area contributed by atoms with E-state index in [1.807, 2.05) is 55.5 Å². The molecule has 0 bridgehead atoms. The number of aryl methyl sites for hydroxylation is 1. The van der Waals surface area contributed by atoms with Crippen LogP contribution in [0, 0.1) is 6.92 Å². The predicted octanol–water partition coefficient (Wildman–Crippen LogP) is 5.06. The first kappa shape index (κ1) is 16.8. The van der Waals surface area contributed by atoms with Crippen molar-refractivity contribution >= 4 is 22.4 Å². The van der Waals surface area contributed by atoms with E-state index in [0.29, 0.717) is 23.0 Å². The molecule has 0 amide bonds. The monoisotopic (exact) mass is 357 g/mol. The maximum absolute atomic E-state index is 10.5. The largest absolute Gasteiger partial charge is 0.504 e. The van der Waals surface area contributed by atoms with Gasteiger partial charge in [0.2, 0.25) is 0 Å². The highest BCUT2D eigenvalue weighted by Gasteiger charge is 2.15. The minimum Gasteiger partial charge on any atom is -0.504 e. The Bertz CT molecular complexity index is 1110. The quantitative estimate of drug-likeness (QED) is 0.534. The van der Waals surface area contributed by atoms with Gasteiger partial charge in [0.05, 0.1) is 18.2 Å². The molecule has 0 fully saturated rings. The molecule has 134 valence electrons. The van der Waals surface area contributed by atoms with Crippen LogP contribution in [0.2, 0.25) is 0 Å². The summed E-state index contributed by atoms with van der Waals surface area (Å²) in [5.41, 5.74) is 3.44. The second-order valence-corrected chi connectivity index (χ2v) is 6.26. The number of nitrogens with zero attached hydrogens (tertiary/aromatic N) is 2. The van der Waals surface area contributed by atoms with Crippen LogP contribution in [0.4, 0.5) is 11.5 Å². The number of rotatable bonds is 4. The van der Waals surface area contributed by atoms with Crippen LogP contribution in [-0.4, -0.2) is 22.2 Å². The van der Waals surface area contributed by atoms with Gasteiger partial charge in [-0.1, -0.05) is 35.9 Å². The fourth-order valence-electron chi connectivity index (χ4n) is 2.93. The van der Waals surface area contributed by atoms with Crippen molar-refractivity contribution in [3.05, 3.63) is 72.3 Å². The van der Waals surface area contributed by atoms with Gasteiger partial charge in [-0.05, 0) is 43.3 Å². The number of phenols is 1. The third-order valence-corrected chi connectivity index (χ3v) is 4.38. The minimum atomic E-state index is 0.0246. The molecular formula is C22H19N3O2. The highest BCUT2D eigenvalue weighted by atomic mass is 16.5. The number of para-hydroxylation sites is 2. The molecule has 0 saturated heterocycles. The Kier molecular flexibility index (Phi) is 4.34. The van der Waals surface area contributed by atoms with Gasteiger partial charge in [0.15, 0.2) is 17.3 Å². The molecule has 5 nitrogen and oxygen atoms in total. The van der Waals surface area contributed by atoms with Crippen molar-refractivity contribution in [2.75, 3.05) is 12.4 Å². The molecule has 0 spiro atoms. The van der Waals surface area contributed by atoms with Crippen LogP contribution in [0.5, 0.6) is 11.5 Å². The molecule has 0 aliphatic heterocycles. The van der Waals surface area contributed by atoms with Crippen molar-refractivity contribution in [1.82, 2.24) is 9.97 Å². The summed E-state index contributed by atoms with van der Waals surface area (Å²) in [6, 6.07) is 21.2. The summed E-state index contributed by atoms with van der Waals surface area (Å²) >= 11 is 0. The Balaban J connectivity index is 1.87. The van der Waals surface area contributed by atoms with Gasteiger partial charge >= 0.3 is 0 Å². The first-order valence-corrected chi connectivity index (χ1v) is 8.62. The number of anilines is 2. The molecular weight excluding hydrogens is 338 g/mol. The summed E-state index contributed by atoms with van der Waals surface area (Å²) in [4.78, 5) is 9.32. The molecule has 2 N–H and O–H groups in total. The Morgan fingerprint density at radius 1 is 0.889 bits per heavy atom. The average molecular weight is 357 g/mol. The molecule has 0 radical (unpaired) electrons. The SMILES string of the molecule is COc1cccc(-c2nc(Nc3ccc(C)cc3)c3ccccc3n2)c1O. The number of hydrogen-bond acceptors (Lipinski definition) is 5. The van der Waals surface area contributed by atoms with Crippen molar-refractivity contribution in [3.63, 3.8) is 0 Å². The third-order valence-electron chi connectivity index (χ3n) is 4.38. The van der Waals surface area contributed by atoms with Crippen molar-refractivity contribution < 1.29 is 9.84 Å². The molecule has 3 aromatic carbocycles. The molecule has 0 aliphatic rings. The van der Waals surface area contributed by atoms with E-state index in [1.54, 1.807) is 18.2 Å². The number of fused-ring (bicyclic) bond motifs is 1. The van der Waals surface area contributed by atoms with Crippen LogP contribution in [0.1, 0.15) is 5.56 Å². The van der Waals surface area contributed by atoms with Gasteiger partial charge < -0.3 is 15.2 Å². The Labute approximate surface area is 157 Å². The molecule has 4 aromatic rings. The van der Waals surface area contributed by atoms with Gasteiger partial charge in [0, 0.05) is 11.1 Å². The zero-order valence-electron chi connectivity index (χ0n) is 15.1. The zero-order chi connectivity index (χ0) is 18.8. The van der Waals surface area contributed by atoms with E-state index >= 15 is 0 Å². The molecule has 5 heteroatoms. The number of aromatic nitrogens is 2. The van der Waals surface area contributed by atoms with E-state index in [1.165, 1.54) is 12.7 Å². The second kappa shape index (κ2) is 6.96. The van der Waals surface area contributed by atoms with Crippen LogP contribution < -0.4 is 10.1 Å². The number of benzene rings is 3. The number of phenolic OH excluding ortho intramolecular Hbond substituents is 1. The standard InChI is InChI=1S/C22H19N3O2/c1-14-10-12-15(13-11-14)23-21-16-6-3-4-8-18(16)24-22(25-21)17-7-5-9-19(27-2)20(17)26/h3-13,26H,1-2H3,(H,23,24,25).